The molecule has 2 saturated heterocycles. The summed E-state index contributed by atoms with van der Waals surface area (Å²) in [5, 5.41) is 6.26. The molecule has 0 bridgehead atoms. The van der Waals surface area contributed by atoms with Gasteiger partial charge in [-0.3, -0.25) is 4.79 Å². The summed E-state index contributed by atoms with van der Waals surface area (Å²) >= 11 is 0. The van der Waals surface area contributed by atoms with E-state index in [2.05, 4.69) is 10.6 Å². The molecule has 2 unspecified atom stereocenters. The van der Waals surface area contributed by atoms with E-state index in [0.717, 1.165) is 39.0 Å². The number of amides is 1. The van der Waals surface area contributed by atoms with Gasteiger partial charge in [0, 0.05) is 13.2 Å². The van der Waals surface area contributed by atoms with E-state index in [0.29, 0.717) is 0 Å². The van der Waals surface area contributed by atoms with Crippen LogP contribution in [0.15, 0.2) is 0 Å². The van der Waals surface area contributed by atoms with Crippen LogP contribution in [0.4, 0.5) is 0 Å². The minimum atomic E-state index is 0.153. The van der Waals surface area contributed by atoms with Crippen LogP contribution >= 0.6 is 0 Å². The molecule has 15 heavy (non-hydrogen) atoms. The monoisotopic (exact) mass is 212 g/mol. The lowest BCUT2D eigenvalue weighted by Gasteiger charge is -2.21. The molecule has 0 spiro atoms. The smallest absolute Gasteiger partial charge is 0.224 e. The Morgan fingerprint density at radius 3 is 3.00 bits per heavy atom. The van der Waals surface area contributed by atoms with E-state index in [4.69, 9.17) is 4.74 Å². The second kappa shape index (κ2) is 4.94. The Kier molecular flexibility index (Phi) is 3.59. The molecule has 0 aromatic carbocycles. The van der Waals surface area contributed by atoms with Crippen molar-refractivity contribution in [2.75, 3.05) is 19.7 Å². The van der Waals surface area contributed by atoms with Crippen LogP contribution in [0.2, 0.25) is 0 Å². The summed E-state index contributed by atoms with van der Waals surface area (Å²) in [4.78, 5) is 11.8. The van der Waals surface area contributed by atoms with Crippen LogP contribution in [-0.4, -0.2) is 37.7 Å². The fourth-order valence-corrected chi connectivity index (χ4v) is 2.31. The molecular formula is C11H20N2O2. The number of ether oxygens (including phenoxy) is 1. The van der Waals surface area contributed by atoms with Gasteiger partial charge in [-0.25, -0.2) is 0 Å². The van der Waals surface area contributed by atoms with E-state index in [1.807, 2.05) is 6.92 Å². The minimum absolute atomic E-state index is 0.153. The predicted octanol–water partition coefficient (Wildman–Crippen LogP) is 0.280. The van der Waals surface area contributed by atoms with Crippen LogP contribution in [0, 0.1) is 5.92 Å². The third-order valence-corrected chi connectivity index (χ3v) is 3.32. The summed E-state index contributed by atoms with van der Waals surface area (Å²) < 4.78 is 5.55. The van der Waals surface area contributed by atoms with Gasteiger partial charge in [-0.15, -0.1) is 0 Å². The highest BCUT2D eigenvalue weighted by Crippen LogP contribution is 2.16. The van der Waals surface area contributed by atoms with Crippen molar-refractivity contribution in [3.8, 4) is 0 Å². The second-order valence-electron chi connectivity index (χ2n) is 4.54. The lowest BCUT2D eigenvalue weighted by molar-refractivity contribution is -0.125. The Morgan fingerprint density at radius 2 is 2.40 bits per heavy atom. The average molecular weight is 212 g/mol. The van der Waals surface area contributed by atoms with Crippen molar-refractivity contribution in [1.82, 2.24) is 10.6 Å². The third kappa shape index (κ3) is 2.69. The highest BCUT2D eigenvalue weighted by atomic mass is 16.5. The number of hydrogen-bond acceptors (Lipinski definition) is 3. The SMILES string of the molecule is CC(NC(=O)[C@H]1CCNC1)C1CCCO1. The molecule has 1 amide bonds. The number of hydrogen-bond donors (Lipinski definition) is 2. The van der Waals surface area contributed by atoms with E-state index in [9.17, 15) is 4.79 Å². The van der Waals surface area contributed by atoms with Crippen LogP contribution in [0.5, 0.6) is 0 Å². The number of carbonyl (C=O) groups is 1. The lowest BCUT2D eigenvalue weighted by Crippen LogP contribution is -2.44. The third-order valence-electron chi connectivity index (χ3n) is 3.32. The van der Waals surface area contributed by atoms with Crippen molar-refractivity contribution < 1.29 is 9.53 Å². The van der Waals surface area contributed by atoms with Gasteiger partial charge in [-0.2, -0.15) is 0 Å². The highest BCUT2D eigenvalue weighted by molar-refractivity contribution is 5.79. The minimum Gasteiger partial charge on any atom is -0.376 e. The topological polar surface area (TPSA) is 50.4 Å². The summed E-state index contributed by atoms with van der Waals surface area (Å²) in [6, 6.07) is 0.153. The Labute approximate surface area is 90.8 Å². The number of carbonyl (C=O) groups excluding carboxylic acids is 1. The molecule has 0 aliphatic carbocycles. The Balaban J connectivity index is 1.77. The highest BCUT2D eigenvalue weighted by Gasteiger charge is 2.27. The van der Waals surface area contributed by atoms with E-state index >= 15 is 0 Å². The van der Waals surface area contributed by atoms with Gasteiger partial charge in [0.1, 0.15) is 0 Å². The first kappa shape index (κ1) is 10.9. The quantitative estimate of drug-likeness (QED) is 0.706. The molecule has 4 nitrogen and oxygen atoms in total. The maximum absolute atomic E-state index is 11.8. The van der Waals surface area contributed by atoms with E-state index in [-0.39, 0.29) is 24.0 Å². The largest absolute Gasteiger partial charge is 0.376 e. The van der Waals surface area contributed by atoms with Gasteiger partial charge in [0.05, 0.1) is 18.1 Å². The maximum atomic E-state index is 11.8. The van der Waals surface area contributed by atoms with E-state index in [1.165, 1.54) is 0 Å². The summed E-state index contributed by atoms with van der Waals surface area (Å²) in [6.07, 6.45) is 3.38. The molecular weight excluding hydrogens is 192 g/mol. The molecule has 2 rings (SSSR count). The molecule has 0 saturated carbocycles. The molecule has 4 heteroatoms. The van der Waals surface area contributed by atoms with Crippen LogP contribution in [0.1, 0.15) is 26.2 Å². The van der Waals surface area contributed by atoms with Crippen LogP contribution in [-0.2, 0) is 9.53 Å². The molecule has 2 fully saturated rings. The van der Waals surface area contributed by atoms with Gasteiger partial charge in [-0.05, 0) is 32.7 Å². The number of rotatable bonds is 3. The first-order chi connectivity index (χ1) is 7.27. The zero-order valence-corrected chi connectivity index (χ0v) is 9.29. The van der Waals surface area contributed by atoms with Gasteiger partial charge in [-0.1, -0.05) is 0 Å². The second-order valence-corrected chi connectivity index (χ2v) is 4.54. The fraction of sp³-hybridized carbons (Fsp3) is 0.909. The lowest BCUT2D eigenvalue weighted by atomic mass is 10.1. The van der Waals surface area contributed by atoms with E-state index < -0.39 is 0 Å². The van der Waals surface area contributed by atoms with Crippen molar-refractivity contribution in [1.29, 1.82) is 0 Å². The summed E-state index contributed by atoms with van der Waals surface area (Å²) in [6.45, 7) is 4.67. The normalized spacial score (nSPS) is 32.9. The van der Waals surface area contributed by atoms with Gasteiger partial charge in [0.15, 0.2) is 0 Å². The van der Waals surface area contributed by atoms with Gasteiger partial charge in [0.25, 0.3) is 0 Å². The van der Waals surface area contributed by atoms with Crippen LogP contribution in [0.3, 0.4) is 0 Å². The zero-order chi connectivity index (χ0) is 10.7. The molecule has 2 aliphatic heterocycles. The Hall–Kier alpha value is -0.610. The first-order valence-electron chi connectivity index (χ1n) is 5.90. The molecule has 2 heterocycles. The number of nitrogens with one attached hydrogen (secondary N) is 2. The van der Waals surface area contributed by atoms with Crippen molar-refractivity contribution >= 4 is 5.91 Å². The van der Waals surface area contributed by atoms with Crippen molar-refractivity contribution in [3.05, 3.63) is 0 Å². The zero-order valence-electron chi connectivity index (χ0n) is 9.29. The molecule has 0 radical (unpaired) electrons. The summed E-state index contributed by atoms with van der Waals surface area (Å²) in [5.41, 5.74) is 0. The van der Waals surface area contributed by atoms with Crippen molar-refractivity contribution in [2.45, 2.75) is 38.3 Å². The van der Waals surface area contributed by atoms with Gasteiger partial charge in [0.2, 0.25) is 5.91 Å². The molecule has 0 aromatic heterocycles. The van der Waals surface area contributed by atoms with Crippen LogP contribution < -0.4 is 10.6 Å². The standard InChI is InChI=1S/C11H20N2O2/c1-8(10-3-2-6-15-10)13-11(14)9-4-5-12-7-9/h8-10,12H,2-7H2,1H3,(H,13,14)/t8?,9-,10?/m0/s1. The van der Waals surface area contributed by atoms with Gasteiger partial charge >= 0.3 is 0 Å². The average Bonchev–Trinajstić information content (AvgIpc) is 2.91. The Bertz CT molecular complexity index is 221. The summed E-state index contributed by atoms with van der Waals surface area (Å²) in [7, 11) is 0. The molecule has 2 aliphatic rings. The maximum Gasteiger partial charge on any atom is 0.224 e. The first-order valence-corrected chi connectivity index (χ1v) is 5.90. The van der Waals surface area contributed by atoms with Gasteiger partial charge < -0.3 is 15.4 Å². The molecule has 2 N–H and O–H groups in total. The van der Waals surface area contributed by atoms with E-state index in [1.54, 1.807) is 0 Å². The molecule has 86 valence electrons. The fourth-order valence-electron chi connectivity index (χ4n) is 2.31. The van der Waals surface area contributed by atoms with Crippen LogP contribution in [0.25, 0.3) is 0 Å². The van der Waals surface area contributed by atoms with Crippen molar-refractivity contribution in [2.24, 2.45) is 5.92 Å². The Morgan fingerprint density at radius 1 is 1.53 bits per heavy atom. The molecule has 0 aromatic rings. The molecule has 3 atom stereocenters. The summed E-state index contributed by atoms with van der Waals surface area (Å²) in [5.74, 6) is 0.344. The predicted molar refractivity (Wildman–Crippen MR) is 57.6 cm³/mol. The van der Waals surface area contributed by atoms with Crippen molar-refractivity contribution in [3.63, 3.8) is 0 Å².